The van der Waals surface area contributed by atoms with Crippen molar-refractivity contribution in [2.75, 3.05) is 13.1 Å². The number of nitrogens with two attached hydrogens (primary N) is 1. The van der Waals surface area contributed by atoms with Gasteiger partial charge in [-0.2, -0.15) is 8.78 Å². The number of alkyl halides is 2. The SMILES string of the molecule is CCNC(=NCc1ccc(C(=O)NCC(N)=O)cc1)NCc1cc(C)ccc1OC(F)F. The number of ether oxygens (including phenoxy) is 1. The molecule has 0 radical (unpaired) electrons. The molecule has 8 nitrogen and oxygen atoms in total. The van der Waals surface area contributed by atoms with Gasteiger partial charge in [-0.15, -0.1) is 0 Å². The fourth-order valence-electron chi connectivity index (χ4n) is 2.78. The number of nitrogens with one attached hydrogen (secondary N) is 3. The molecule has 2 amide bonds. The molecule has 5 N–H and O–H groups in total. The number of aliphatic imine (C=N–C) groups is 1. The zero-order valence-electron chi connectivity index (χ0n) is 18.0. The molecule has 2 rings (SSSR count). The third-order valence-electron chi connectivity index (χ3n) is 4.28. The van der Waals surface area contributed by atoms with E-state index in [1.807, 2.05) is 13.8 Å². The number of rotatable bonds is 10. The summed E-state index contributed by atoms with van der Waals surface area (Å²) in [6.07, 6.45) is 0. The quantitative estimate of drug-likeness (QED) is 0.329. The maximum Gasteiger partial charge on any atom is 0.387 e. The van der Waals surface area contributed by atoms with Crippen LogP contribution < -0.4 is 26.4 Å². The first-order valence-corrected chi connectivity index (χ1v) is 10.0. The molecule has 0 atom stereocenters. The average molecular weight is 447 g/mol. The Balaban J connectivity index is 2.02. The summed E-state index contributed by atoms with van der Waals surface area (Å²) in [5.74, 6) is -0.403. The van der Waals surface area contributed by atoms with Crippen LogP contribution in [0, 0.1) is 6.92 Å². The van der Waals surface area contributed by atoms with E-state index in [-0.39, 0.29) is 18.8 Å². The van der Waals surface area contributed by atoms with Gasteiger partial charge in [0.15, 0.2) is 5.96 Å². The van der Waals surface area contributed by atoms with E-state index in [9.17, 15) is 18.4 Å². The lowest BCUT2D eigenvalue weighted by molar-refractivity contribution is -0.117. The van der Waals surface area contributed by atoms with Crippen LogP contribution >= 0.6 is 0 Å². The lowest BCUT2D eigenvalue weighted by Gasteiger charge is -2.15. The van der Waals surface area contributed by atoms with Crippen molar-refractivity contribution < 1.29 is 23.1 Å². The van der Waals surface area contributed by atoms with Gasteiger partial charge in [0.2, 0.25) is 5.91 Å². The van der Waals surface area contributed by atoms with Crippen LogP contribution in [0.1, 0.15) is 34.0 Å². The predicted octanol–water partition coefficient (Wildman–Crippen LogP) is 2.07. The lowest BCUT2D eigenvalue weighted by Crippen LogP contribution is -2.37. The number of guanidine groups is 1. The van der Waals surface area contributed by atoms with E-state index in [0.717, 1.165) is 11.1 Å². The van der Waals surface area contributed by atoms with Crippen LogP contribution in [0.4, 0.5) is 8.78 Å². The Morgan fingerprint density at radius 3 is 2.44 bits per heavy atom. The Bertz CT molecular complexity index is 949. The number of hydrogen-bond acceptors (Lipinski definition) is 4. The summed E-state index contributed by atoms with van der Waals surface area (Å²) in [4.78, 5) is 27.2. The number of carbonyl (C=O) groups excluding carboxylic acids is 2. The van der Waals surface area contributed by atoms with Gasteiger partial charge in [-0.05, 0) is 37.6 Å². The van der Waals surface area contributed by atoms with Gasteiger partial charge in [0, 0.05) is 24.2 Å². The summed E-state index contributed by atoms with van der Waals surface area (Å²) in [5, 5.41) is 8.63. The first-order valence-electron chi connectivity index (χ1n) is 10.0. The van der Waals surface area contributed by atoms with E-state index in [2.05, 4.69) is 25.7 Å². The smallest absolute Gasteiger partial charge is 0.387 e. The topological polar surface area (TPSA) is 118 Å². The molecule has 0 spiro atoms. The van der Waals surface area contributed by atoms with Gasteiger partial charge in [0.1, 0.15) is 5.75 Å². The molecule has 2 aromatic carbocycles. The third kappa shape index (κ3) is 8.21. The van der Waals surface area contributed by atoms with Crippen molar-refractivity contribution in [2.24, 2.45) is 10.7 Å². The second-order valence-corrected chi connectivity index (χ2v) is 6.88. The summed E-state index contributed by atoms with van der Waals surface area (Å²) in [6.45, 7) is 1.83. The van der Waals surface area contributed by atoms with Gasteiger partial charge in [0.25, 0.3) is 5.91 Å². The van der Waals surface area contributed by atoms with Crippen LogP contribution in [0.3, 0.4) is 0 Å². The molecule has 0 saturated heterocycles. The highest BCUT2D eigenvalue weighted by atomic mass is 19.3. The predicted molar refractivity (Wildman–Crippen MR) is 117 cm³/mol. The van der Waals surface area contributed by atoms with Crippen molar-refractivity contribution >= 4 is 17.8 Å². The minimum Gasteiger partial charge on any atom is -0.434 e. The van der Waals surface area contributed by atoms with Crippen LogP contribution in [0.5, 0.6) is 5.75 Å². The summed E-state index contributed by atoms with van der Waals surface area (Å²) < 4.78 is 29.9. The van der Waals surface area contributed by atoms with E-state index in [1.54, 1.807) is 36.4 Å². The van der Waals surface area contributed by atoms with Gasteiger partial charge in [-0.1, -0.05) is 29.8 Å². The Morgan fingerprint density at radius 2 is 1.81 bits per heavy atom. The summed E-state index contributed by atoms with van der Waals surface area (Å²) >= 11 is 0. The second-order valence-electron chi connectivity index (χ2n) is 6.88. The number of nitrogens with zero attached hydrogens (tertiary/aromatic N) is 1. The standard InChI is InChI=1S/C22H27F2N5O3/c1-3-26-22(29-12-17-10-14(2)4-9-18(17)32-21(23)24)28-11-15-5-7-16(8-6-15)20(31)27-13-19(25)30/h4-10,21H,3,11-13H2,1-2H3,(H2,25,30)(H,27,31)(H2,26,28,29). The second kappa shape index (κ2) is 12.2. The summed E-state index contributed by atoms with van der Waals surface area (Å²) in [6, 6.07) is 11.8. The van der Waals surface area contributed by atoms with Gasteiger partial charge in [0.05, 0.1) is 13.1 Å². The first kappa shape index (κ1) is 24.6. The highest BCUT2D eigenvalue weighted by Crippen LogP contribution is 2.22. The molecule has 32 heavy (non-hydrogen) atoms. The minimum absolute atomic E-state index is 0.110. The van der Waals surface area contributed by atoms with Crippen LogP contribution in [0.25, 0.3) is 0 Å². The zero-order chi connectivity index (χ0) is 23.5. The molecule has 0 unspecified atom stereocenters. The maximum atomic E-state index is 12.7. The van der Waals surface area contributed by atoms with Crippen molar-refractivity contribution in [1.29, 1.82) is 0 Å². The molecule has 0 saturated carbocycles. The fourth-order valence-corrected chi connectivity index (χ4v) is 2.78. The maximum absolute atomic E-state index is 12.7. The molecule has 172 valence electrons. The molecule has 0 aliphatic rings. The number of carbonyl (C=O) groups is 2. The number of hydrogen-bond donors (Lipinski definition) is 4. The normalized spacial score (nSPS) is 11.2. The van der Waals surface area contributed by atoms with Crippen LogP contribution in [0.2, 0.25) is 0 Å². The van der Waals surface area contributed by atoms with Crippen LogP contribution in [-0.4, -0.2) is 37.5 Å². The summed E-state index contributed by atoms with van der Waals surface area (Å²) in [5.41, 5.74) is 7.77. The Hall–Kier alpha value is -3.69. The summed E-state index contributed by atoms with van der Waals surface area (Å²) in [7, 11) is 0. The number of amides is 2. The van der Waals surface area contributed by atoms with Crippen molar-refractivity contribution in [3.05, 3.63) is 64.7 Å². The first-order chi connectivity index (χ1) is 15.3. The number of benzene rings is 2. The number of primary amides is 1. The lowest BCUT2D eigenvalue weighted by atomic mass is 10.1. The molecule has 0 bridgehead atoms. The van der Waals surface area contributed by atoms with Gasteiger partial charge < -0.3 is 26.4 Å². The largest absolute Gasteiger partial charge is 0.434 e. The Labute approximate surface area is 185 Å². The zero-order valence-corrected chi connectivity index (χ0v) is 18.0. The molecular formula is C22H27F2N5O3. The van der Waals surface area contributed by atoms with Crippen LogP contribution in [-0.2, 0) is 17.9 Å². The fraction of sp³-hybridized carbons (Fsp3) is 0.318. The molecule has 0 heterocycles. The van der Waals surface area contributed by atoms with Crippen molar-refractivity contribution in [1.82, 2.24) is 16.0 Å². The van der Waals surface area contributed by atoms with E-state index < -0.39 is 18.4 Å². The monoisotopic (exact) mass is 447 g/mol. The highest BCUT2D eigenvalue weighted by molar-refractivity contribution is 5.96. The van der Waals surface area contributed by atoms with Crippen molar-refractivity contribution in [3.63, 3.8) is 0 Å². The van der Waals surface area contributed by atoms with Gasteiger partial charge in [-0.25, -0.2) is 4.99 Å². The van der Waals surface area contributed by atoms with E-state index in [0.29, 0.717) is 30.2 Å². The number of halogens is 2. The van der Waals surface area contributed by atoms with Crippen molar-refractivity contribution in [2.45, 2.75) is 33.5 Å². The van der Waals surface area contributed by atoms with E-state index in [1.165, 1.54) is 6.07 Å². The minimum atomic E-state index is -2.90. The molecule has 2 aromatic rings. The Kier molecular flexibility index (Phi) is 9.40. The molecule has 0 aromatic heterocycles. The molecular weight excluding hydrogens is 420 g/mol. The Morgan fingerprint density at radius 1 is 1.09 bits per heavy atom. The van der Waals surface area contributed by atoms with Crippen LogP contribution in [0.15, 0.2) is 47.5 Å². The molecule has 10 heteroatoms. The molecule has 0 aliphatic heterocycles. The molecule has 0 fully saturated rings. The highest BCUT2D eigenvalue weighted by Gasteiger charge is 2.11. The van der Waals surface area contributed by atoms with E-state index in [4.69, 9.17) is 5.73 Å². The van der Waals surface area contributed by atoms with Gasteiger partial charge >= 0.3 is 6.61 Å². The van der Waals surface area contributed by atoms with E-state index >= 15 is 0 Å². The third-order valence-corrected chi connectivity index (χ3v) is 4.28. The van der Waals surface area contributed by atoms with Crippen molar-refractivity contribution in [3.8, 4) is 5.75 Å². The van der Waals surface area contributed by atoms with Gasteiger partial charge in [-0.3, -0.25) is 9.59 Å². The molecule has 0 aliphatic carbocycles. The number of aryl methyl sites for hydroxylation is 1. The average Bonchev–Trinajstić information content (AvgIpc) is 2.75.